The number of non-ortho nitro benzene ring substituents is 1. The molecule has 1 aliphatic rings. The molecule has 0 bridgehead atoms. The topological polar surface area (TPSA) is 89.4 Å². The standard InChI is InChI=1S/C23H19N5O3S/c29-28(30)17-7-3-6-16(14-17)26-12-4-10-20(26)22-21(19-9-1-2-11-24-19)25-23(32)27(22)15-18-8-5-13-31-18/h1-14,21-22H,15H2,(H,25,32). The average Bonchev–Trinajstić information content (AvgIpc) is 3.56. The van der Waals surface area contributed by atoms with Crippen molar-refractivity contribution in [1.29, 1.82) is 0 Å². The van der Waals surface area contributed by atoms with E-state index in [1.54, 1.807) is 24.6 Å². The van der Waals surface area contributed by atoms with Crippen LogP contribution in [0.1, 0.15) is 29.2 Å². The second-order valence-corrected chi connectivity index (χ2v) is 7.80. The summed E-state index contributed by atoms with van der Waals surface area (Å²) in [5.74, 6) is 0.786. The smallest absolute Gasteiger partial charge is 0.271 e. The number of nitro benzene ring substituents is 1. The summed E-state index contributed by atoms with van der Waals surface area (Å²) in [6, 6.07) is 19.6. The minimum absolute atomic E-state index is 0.0379. The van der Waals surface area contributed by atoms with Crippen molar-refractivity contribution in [2.45, 2.75) is 18.6 Å². The highest BCUT2D eigenvalue weighted by Crippen LogP contribution is 2.40. The zero-order chi connectivity index (χ0) is 22.1. The lowest BCUT2D eigenvalue weighted by molar-refractivity contribution is -0.384. The molecule has 160 valence electrons. The zero-order valence-corrected chi connectivity index (χ0v) is 17.7. The van der Waals surface area contributed by atoms with Crippen LogP contribution in [0.25, 0.3) is 5.69 Å². The largest absolute Gasteiger partial charge is 0.467 e. The number of hydrogen-bond acceptors (Lipinski definition) is 5. The first-order valence-electron chi connectivity index (χ1n) is 10.0. The first kappa shape index (κ1) is 20.0. The maximum atomic E-state index is 11.3. The predicted octanol–water partition coefficient (Wildman–Crippen LogP) is 4.55. The molecule has 1 aromatic carbocycles. The Morgan fingerprint density at radius 2 is 2.03 bits per heavy atom. The number of nitro groups is 1. The van der Waals surface area contributed by atoms with Crippen molar-refractivity contribution < 1.29 is 9.34 Å². The van der Waals surface area contributed by atoms with Crippen LogP contribution in [0.2, 0.25) is 0 Å². The van der Waals surface area contributed by atoms with Crippen LogP contribution in [0.4, 0.5) is 5.69 Å². The van der Waals surface area contributed by atoms with Crippen molar-refractivity contribution in [2.75, 3.05) is 0 Å². The first-order valence-corrected chi connectivity index (χ1v) is 10.4. The van der Waals surface area contributed by atoms with Gasteiger partial charge in [-0.15, -0.1) is 0 Å². The Kier molecular flexibility index (Phi) is 5.16. The maximum absolute atomic E-state index is 11.3. The van der Waals surface area contributed by atoms with Crippen molar-refractivity contribution in [3.8, 4) is 5.69 Å². The van der Waals surface area contributed by atoms with Gasteiger partial charge in [-0.2, -0.15) is 0 Å². The highest BCUT2D eigenvalue weighted by molar-refractivity contribution is 7.80. The van der Waals surface area contributed by atoms with E-state index in [1.807, 2.05) is 59.3 Å². The molecule has 1 saturated heterocycles. The number of rotatable bonds is 6. The van der Waals surface area contributed by atoms with Crippen LogP contribution in [0.5, 0.6) is 0 Å². The Labute approximate surface area is 189 Å². The molecule has 4 aromatic rings. The molecule has 0 aliphatic carbocycles. The first-order chi connectivity index (χ1) is 15.6. The van der Waals surface area contributed by atoms with E-state index in [2.05, 4.69) is 15.2 Å². The van der Waals surface area contributed by atoms with Crippen LogP contribution >= 0.6 is 12.2 Å². The average molecular weight is 446 g/mol. The molecule has 3 aromatic heterocycles. The van der Waals surface area contributed by atoms with Gasteiger partial charge in [0.1, 0.15) is 5.76 Å². The van der Waals surface area contributed by atoms with Gasteiger partial charge in [-0.3, -0.25) is 15.1 Å². The molecule has 0 amide bonds. The third kappa shape index (κ3) is 3.63. The molecule has 5 rings (SSSR count). The highest BCUT2D eigenvalue weighted by atomic mass is 32.1. The summed E-state index contributed by atoms with van der Waals surface area (Å²) in [5, 5.41) is 15.3. The van der Waals surface area contributed by atoms with E-state index in [1.165, 1.54) is 6.07 Å². The quantitative estimate of drug-likeness (QED) is 0.265. The van der Waals surface area contributed by atoms with E-state index in [-0.39, 0.29) is 17.8 Å². The molecule has 2 unspecified atom stereocenters. The summed E-state index contributed by atoms with van der Waals surface area (Å²) in [7, 11) is 0. The van der Waals surface area contributed by atoms with E-state index in [0.717, 1.165) is 17.1 Å². The third-order valence-electron chi connectivity index (χ3n) is 5.51. The van der Waals surface area contributed by atoms with Gasteiger partial charge in [0, 0.05) is 30.2 Å². The van der Waals surface area contributed by atoms with E-state index < -0.39 is 4.92 Å². The lowest BCUT2D eigenvalue weighted by Gasteiger charge is -2.28. The van der Waals surface area contributed by atoms with Gasteiger partial charge in [0.25, 0.3) is 5.69 Å². The van der Waals surface area contributed by atoms with Gasteiger partial charge in [-0.25, -0.2) is 0 Å². The summed E-state index contributed by atoms with van der Waals surface area (Å²) in [4.78, 5) is 17.5. The molecular formula is C23H19N5O3S. The molecule has 8 nitrogen and oxygen atoms in total. The lowest BCUT2D eigenvalue weighted by Crippen LogP contribution is -2.29. The van der Waals surface area contributed by atoms with Crippen LogP contribution in [-0.2, 0) is 6.54 Å². The van der Waals surface area contributed by atoms with Crippen LogP contribution in [0.15, 0.2) is 89.8 Å². The van der Waals surface area contributed by atoms with Crippen molar-refractivity contribution in [2.24, 2.45) is 0 Å². The van der Waals surface area contributed by atoms with Crippen molar-refractivity contribution in [3.63, 3.8) is 0 Å². The SMILES string of the molecule is O=[N+]([O-])c1cccc(-n2cccc2C2C(c3ccccn3)NC(=S)N2Cc2ccco2)c1. The van der Waals surface area contributed by atoms with E-state index in [0.29, 0.717) is 17.3 Å². The summed E-state index contributed by atoms with van der Waals surface area (Å²) < 4.78 is 7.54. The summed E-state index contributed by atoms with van der Waals surface area (Å²) >= 11 is 5.70. The van der Waals surface area contributed by atoms with Crippen LogP contribution in [-0.4, -0.2) is 24.5 Å². The fourth-order valence-electron chi connectivity index (χ4n) is 4.09. The fraction of sp³-hybridized carbons (Fsp3) is 0.130. The van der Waals surface area contributed by atoms with Crippen molar-refractivity contribution >= 4 is 23.0 Å². The highest BCUT2D eigenvalue weighted by Gasteiger charge is 2.41. The molecular weight excluding hydrogens is 426 g/mol. The van der Waals surface area contributed by atoms with E-state index >= 15 is 0 Å². The molecule has 4 heterocycles. The molecule has 9 heteroatoms. The number of hydrogen-bond donors (Lipinski definition) is 1. The van der Waals surface area contributed by atoms with Gasteiger partial charge in [-0.1, -0.05) is 12.1 Å². The van der Waals surface area contributed by atoms with Crippen LogP contribution in [0.3, 0.4) is 0 Å². The number of benzene rings is 1. The summed E-state index contributed by atoms with van der Waals surface area (Å²) in [6.45, 7) is 0.479. The van der Waals surface area contributed by atoms with Crippen LogP contribution < -0.4 is 5.32 Å². The van der Waals surface area contributed by atoms with Gasteiger partial charge in [-0.05, 0) is 54.7 Å². The van der Waals surface area contributed by atoms with Gasteiger partial charge in [0.2, 0.25) is 0 Å². The summed E-state index contributed by atoms with van der Waals surface area (Å²) in [5.41, 5.74) is 2.53. The second-order valence-electron chi connectivity index (χ2n) is 7.41. The van der Waals surface area contributed by atoms with Crippen molar-refractivity contribution in [1.82, 2.24) is 19.8 Å². The van der Waals surface area contributed by atoms with Gasteiger partial charge < -0.3 is 19.2 Å². The minimum atomic E-state index is -0.390. The number of nitrogens with one attached hydrogen (secondary N) is 1. The molecule has 2 atom stereocenters. The van der Waals surface area contributed by atoms with E-state index in [9.17, 15) is 10.1 Å². The fourth-order valence-corrected chi connectivity index (χ4v) is 4.40. The molecule has 32 heavy (non-hydrogen) atoms. The number of thiocarbonyl (C=S) groups is 1. The molecule has 1 N–H and O–H groups in total. The lowest BCUT2D eigenvalue weighted by atomic mass is 10.0. The van der Waals surface area contributed by atoms with Crippen molar-refractivity contribution in [3.05, 3.63) is 113 Å². The Balaban J connectivity index is 1.61. The monoisotopic (exact) mass is 445 g/mol. The number of nitrogens with zero attached hydrogens (tertiary/aromatic N) is 4. The Hall–Kier alpha value is -3.98. The Morgan fingerprint density at radius 3 is 2.78 bits per heavy atom. The zero-order valence-electron chi connectivity index (χ0n) is 16.9. The normalized spacial score (nSPS) is 18.0. The predicted molar refractivity (Wildman–Crippen MR) is 122 cm³/mol. The molecule has 0 spiro atoms. The molecule has 1 fully saturated rings. The van der Waals surface area contributed by atoms with Gasteiger partial charge >= 0.3 is 0 Å². The Bertz CT molecular complexity index is 1260. The second kappa shape index (κ2) is 8.27. The van der Waals surface area contributed by atoms with Gasteiger partial charge in [0.05, 0.1) is 41.2 Å². The molecule has 1 aliphatic heterocycles. The minimum Gasteiger partial charge on any atom is -0.467 e. The maximum Gasteiger partial charge on any atom is 0.271 e. The Morgan fingerprint density at radius 1 is 1.12 bits per heavy atom. The number of aromatic nitrogens is 2. The van der Waals surface area contributed by atoms with Gasteiger partial charge in [0.15, 0.2) is 5.11 Å². The summed E-state index contributed by atoms with van der Waals surface area (Å²) in [6.07, 6.45) is 5.29. The number of pyridine rings is 1. The third-order valence-corrected chi connectivity index (χ3v) is 5.86. The van der Waals surface area contributed by atoms with Crippen LogP contribution in [0, 0.1) is 10.1 Å². The molecule has 0 radical (unpaired) electrons. The number of furan rings is 1. The molecule has 0 saturated carbocycles. The van der Waals surface area contributed by atoms with E-state index in [4.69, 9.17) is 16.6 Å².